The van der Waals surface area contributed by atoms with Gasteiger partial charge in [0.1, 0.15) is 18.1 Å². The summed E-state index contributed by atoms with van der Waals surface area (Å²) in [6, 6.07) is 22.6. The van der Waals surface area contributed by atoms with E-state index in [2.05, 4.69) is 11.4 Å². The molecule has 1 aliphatic heterocycles. The molecule has 1 fully saturated rings. The first-order valence-corrected chi connectivity index (χ1v) is 12.7. The average molecular weight is 497 g/mol. The second-order valence-electron chi connectivity index (χ2n) is 9.61. The van der Waals surface area contributed by atoms with Gasteiger partial charge in [0.2, 0.25) is 0 Å². The molecule has 2 aromatic heterocycles. The SMILES string of the molecule is O=C(NCC1CC1)c1ccc(COc2ccc3c(c2)C(c2ccccc2)N(C(=O)c2ccco2)CC3)o1. The number of hydrogen-bond acceptors (Lipinski definition) is 5. The maximum absolute atomic E-state index is 13.4. The normalized spacial score (nSPS) is 16.8. The summed E-state index contributed by atoms with van der Waals surface area (Å²) in [6.45, 7) is 1.48. The van der Waals surface area contributed by atoms with Crippen LogP contribution >= 0.6 is 0 Å². The molecule has 7 nitrogen and oxygen atoms in total. The highest BCUT2D eigenvalue weighted by Gasteiger charge is 2.34. The number of hydrogen-bond donors (Lipinski definition) is 1. The minimum Gasteiger partial charge on any atom is -0.486 e. The van der Waals surface area contributed by atoms with E-state index in [0.717, 1.165) is 17.5 Å². The molecule has 188 valence electrons. The summed E-state index contributed by atoms with van der Waals surface area (Å²) < 4.78 is 17.2. The van der Waals surface area contributed by atoms with E-state index in [1.54, 1.807) is 24.3 Å². The second-order valence-corrected chi connectivity index (χ2v) is 9.61. The first-order valence-electron chi connectivity index (χ1n) is 12.7. The Hall–Kier alpha value is -4.26. The van der Waals surface area contributed by atoms with E-state index in [1.165, 1.54) is 24.7 Å². The highest BCUT2D eigenvalue weighted by atomic mass is 16.5. The highest BCUT2D eigenvalue weighted by Crippen LogP contribution is 2.38. The van der Waals surface area contributed by atoms with Gasteiger partial charge in [-0.25, -0.2) is 0 Å². The van der Waals surface area contributed by atoms with Crippen molar-refractivity contribution in [3.63, 3.8) is 0 Å². The molecule has 2 aromatic carbocycles. The van der Waals surface area contributed by atoms with Crippen molar-refractivity contribution in [1.82, 2.24) is 10.2 Å². The number of nitrogens with zero attached hydrogens (tertiary/aromatic N) is 1. The fourth-order valence-electron chi connectivity index (χ4n) is 4.82. The van der Waals surface area contributed by atoms with Crippen molar-refractivity contribution in [2.45, 2.75) is 31.9 Å². The summed E-state index contributed by atoms with van der Waals surface area (Å²) in [5.74, 6) is 2.13. The molecular formula is C30H28N2O5. The van der Waals surface area contributed by atoms with Gasteiger partial charge in [0, 0.05) is 13.1 Å². The Morgan fingerprint density at radius 1 is 0.973 bits per heavy atom. The summed E-state index contributed by atoms with van der Waals surface area (Å²) in [7, 11) is 0. The van der Waals surface area contributed by atoms with Crippen LogP contribution in [0.4, 0.5) is 0 Å². The van der Waals surface area contributed by atoms with Gasteiger partial charge in [0.05, 0.1) is 12.3 Å². The van der Waals surface area contributed by atoms with Crippen molar-refractivity contribution >= 4 is 11.8 Å². The highest BCUT2D eigenvalue weighted by molar-refractivity contribution is 5.92. The molecule has 1 N–H and O–H groups in total. The zero-order chi connectivity index (χ0) is 25.2. The van der Waals surface area contributed by atoms with E-state index in [4.69, 9.17) is 13.6 Å². The smallest absolute Gasteiger partial charge is 0.290 e. The lowest BCUT2D eigenvalue weighted by atomic mass is 9.87. The van der Waals surface area contributed by atoms with Gasteiger partial charge >= 0.3 is 0 Å². The lowest BCUT2D eigenvalue weighted by molar-refractivity contribution is 0.0661. The van der Waals surface area contributed by atoms with Crippen LogP contribution in [-0.2, 0) is 13.0 Å². The van der Waals surface area contributed by atoms with Gasteiger partial charge in [-0.05, 0) is 78.3 Å². The zero-order valence-electron chi connectivity index (χ0n) is 20.4. The molecule has 6 rings (SSSR count). The molecular weight excluding hydrogens is 468 g/mol. The zero-order valence-corrected chi connectivity index (χ0v) is 20.4. The van der Waals surface area contributed by atoms with Crippen LogP contribution in [-0.4, -0.2) is 29.8 Å². The van der Waals surface area contributed by atoms with Crippen molar-refractivity contribution in [1.29, 1.82) is 0 Å². The Bertz CT molecular complexity index is 1390. The Kier molecular flexibility index (Phi) is 6.26. The van der Waals surface area contributed by atoms with Crippen molar-refractivity contribution in [2.24, 2.45) is 5.92 Å². The van der Waals surface area contributed by atoms with Gasteiger partial charge in [-0.2, -0.15) is 0 Å². The van der Waals surface area contributed by atoms with E-state index in [0.29, 0.717) is 42.0 Å². The predicted molar refractivity (Wildman–Crippen MR) is 136 cm³/mol. The van der Waals surface area contributed by atoms with Crippen LogP contribution in [0.25, 0.3) is 0 Å². The summed E-state index contributed by atoms with van der Waals surface area (Å²) in [4.78, 5) is 27.5. The lowest BCUT2D eigenvalue weighted by Crippen LogP contribution is -2.40. The van der Waals surface area contributed by atoms with Crippen molar-refractivity contribution < 1.29 is 23.2 Å². The predicted octanol–water partition coefficient (Wildman–Crippen LogP) is 5.38. The Morgan fingerprint density at radius 2 is 1.84 bits per heavy atom. The number of amides is 2. The topological polar surface area (TPSA) is 84.9 Å². The minimum atomic E-state index is -0.267. The van der Waals surface area contributed by atoms with Crippen LogP contribution in [0.15, 0.2) is 87.9 Å². The Morgan fingerprint density at radius 3 is 2.62 bits per heavy atom. The molecule has 4 aromatic rings. The van der Waals surface area contributed by atoms with Crippen LogP contribution in [0, 0.1) is 5.92 Å². The summed E-state index contributed by atoms with van der Waals surface area (Å²) in [5, 5.41) is 2.91. The lowest BCUT2D eigenvalue weighted by Gasteiger charge is -2.37. The van der Waals surface area contributed by atoms with Crippen molar-refractivity contribution in [3.8, 4) is 5.75 Å². The van der Waals surface area contributed by atoms with Gasteiger partial charge in [0.15, 0.2) is 11.5 Å². The van der Waals surface area contributed by atoms with E-state index >= 15 is 0 Å². The van der Waals surface area contributed by atoms with Crippen LogP contribution in [0.5, 0.6) is 5.75 Å². The van der Waals surface area contributed by atoms with E-state index in [9.17, 15) is 9.59 Å². The van der Waals surface area contributed by atoms with Gasteiger partial charge in [-0.3, -0.25) is 9.59 Å². The first-order chi connectivity index (χ1) is 18.2. The van der Waals surface area contributed by atoms with Crippen molar-refractivity contribution in [3.05, 3.63) is 113 Å². The molecule has 2 amide bonds. The number of carbonyl (C=O) groups excluding carboxylic acids is 2. The summed E-state index contributed by atoms with van der Waals surface area (Å²) in [6.07, 6.45) is 4.62. The van der Waals surface area contributed by atoms with E-state index < -0.39 is 0 Å². The Balaban J connectivity index is 1.22. The molecule has 37 heavy (non-hydrogen) atoms. The molecule has 1 atom stereocenters. The number of fused-ring (bicyclic) bond motifs is 1. The molecule has 0 saturated heterocycles. The molecule has 1 aliphatic carbocycles. The summed E-state index contributed by atoms with van der Waals surface area (Å²) >= 11 is 0. The number of ether oxygens (including phenoxy) is 1. The van der Waals surface area contributed by atoms with E-state index in [1.807, 2.05) is 47.4 Å². The van der Waals surface area contributed by atoms with Gasteiger partial charge in [-0.15, -0.1) is 0 Å². The molecule has 2 aliphatic rings. The molecule has 0 spiro atoms. The third kappa shape index (κ3) is 5.03. The summed E-state index contributed by atoms with van der Waals surface area (Å²) in [5.41, 5.74) is 3.22. The fourth-order valence-corrected chi connectivity index (χ4v) is 4.82. The number of benzene rings is 2. The van der Waals surface area contributed by atoms with Crippen molar-refractivity contribution in [2.75, 3.05) is 13.1 Å². The molecule has 7 heteroatoms. The first kappa shape index (κ1) is 23.2. The van der Waals surface area contributed by atoms with Gasteiger partial charge in [-0.1, -0.05) is 36.4 Å². The molecule has 1 unspecified atom stereocenters. The van der Waals surface area contributed by atoms with E-state index in [-0.39, 0.29) is 24.5 Å². The standard InChI is InChI=1S/C30H28N2O5/c33-29(31-18-20-8-9-20)26-13-12-24(37-26)19-36-23-11-10-21-14-15-32(30(34)27-7-4-16-35-27)28(25(21)17-23)22-5-2-1-3-6-22/h1-7,10-13,16-17,20,28H,8-9,14-15,18-19H2,(H,31,33). The van der Waals surface area contributed by atoms with Crippen LogP contribution in [0.2, 0.25) is 0 Å². The number of furan rings is 2. The number of nitrogens with one attached hydrogen (secondary N) is 1. The molecule has 0 radical (unpaired) electrons. The van der Waals surface area contributed by atoms with Gasteiger partial charge < -0.3 is 23.8 Å². The number of carbonyl (C=O) groups is 2. The molecule has 1 saturated carbocycles. The van der Waals surface area contributed by atoms with Crippen LogP contribution < -0.4 is 10.1 Å². The number of rotatable bonds is 8. The quantitative estimate of drug-likeness (QED) is 0.354. The molecule has 0 bridgehead atoms. The third-order valence-electron chi connectivity index (χ3n) is 6.97. The fraction of sp³-hybridized carbons (Fsp3) is 0.267. The minimum absolute atomic E-state index is 0.140. The Labute approximate surface area is 215 Å². The third-order valence-corrected chi connectivity index (χ3v) is 6.97. The maximum Gasteiger partial charge on any atom is 0.290 e. The average Bonchev–Trinajstić information content (AvgIpc) is 3.38. The monoisotopic (exact) mass is 496 g/mol. The van der Waals surface area contributed by atoms with Gasteiger partial charge in [0.25, 0.3) is 11.8 Å². The van der Waals surface area contributed by atoms with Crippen LogP contribution in [0.3, 0.4) is 0 Å². The molecule has 3 heterocycles. The maximum atomic E-state index is 13.4. The van der Waals surface area contributed by atoms with Crippen LogP contribution in [0.1, 0.15) is 62.4 Å². The largest absolute Gasteiger partial charge is 0.486 e. The second kappa shape index (κ2) is 10.0.